The number of nitrogens with one attached hydrogen (secondary N) is 1. The van der Waals surface area contributed by atoms with Gasteiger partial charge >= 0.3 is 17.9 Å². The summed E-state index contributed by atoms with van der Waals surface area (Å²) in [5, 5.41) is 47.3. The molecule has 4 rings (SSSR count). The van der Waals surface area contributed by atoms with Crippen LogP contribution in [0.3, 0.4) is 0 Å². The van der Waals surface area contributed by atoms with Crippen LogP contribution in [0.15, 0.2) is 42.5 Å². The summed E-state index contributed by atoms with van der Waals surface area (Å²) in [6.45, 7) is 7.02. The topological polar surface area (TPSA) is 188 Å². The number of carboxylic acid groups (broad SMARTS) is 3. The van der Waals surface area contributed by atoms with Crippen molar-refractivity contribution in [3.8, 4) is 5.75 Å². The highest BCUT2D eigenvalue weighted by Gasteiger charge is 2.41. The molecular formula is C32H42FN3O9. The largest absolute Gasteiger partial charge is 0.508 e. The maximum absolute atomic E-state index is 13.4. The maximum atomic E-state index is 13.4. The number of aliphatic hydroxyl groups is 1. The van der Waals surface area contributed by atoms with Crippen LogP contribution >= 0.6 is 0 Å². The molecule has 246 valence electrons. The number of hydrogen-bond acceptors (Lipinski definition) is 8. The first-order chi connectivity index (χ1) is 21.2. The second-order valence-corrected chi connectivity index (χ2v) is 11.8. The van der Waals surface area contributed by atoms with E-state index in [4.69, 9.17) is 20.4 Å². The lowest BCUT2D eigenvalue weighted by Crippen LogP contribution is -2.52. The molecule has 0 spiro atoms. The summed E-state index contributed by atoms with van der Waals surface area (Å²) < 4.78 is 13.4. The molecule has 0 bridgehead atoms. The fourth-order valence-electron chi connectivity index (χ4n) is 5.88. The van der Waals surface area contributed by atoms with Crippen LogP contribution in [-0.4, -0.2) is 90.9 Å². The third-order valence-corrected chi connectivity index (χ3v) is 8.20. The van der Waals surface area contributed by atoms with Gasteiger partial charge in [0.05, 0.1) is 18.4 Å². The molecule has 0 aliphatic carbocycles. The number of amides is 1. The zero-order valence-electron chi connectivity index (χ0n) is 25.4. The normalized spacial score (nSPS) is 17.0. The monoisotopic (exact) mass is 631 g/mol. The van der Waals surface area contributed by atoms with Crippen molar-refractivity contribution < 1.29 is 49.1 Å². The summed E-state index contributed by atoms with van der Waals surface area (Å²) in [5.41, 5.74) is -0.0339. The number of piperidine rings is 2. The number of hydrogen-bond donors (Lipinski definition) is 6. The second kappa shape index (κ2) is 15.8. The van der Waals surface area contributed by atoms with Gasteiger partial charge in [0.1, 0.15) is 11.6 Å². The first kappa shape index (κ1) is 35.4. The molecule has 0 atom stereocenters. The summed E-state index contributed by atoms with van der Waals surface area (Å²) in [4.78, 5) is 47.2. The van der Waals surface area contributed by atoms with Gasteiger partial charge in [0.25, 0.3) is 0 Å². The molecule has 45 heavy (non-hydrogen) atoms. The van der Waals surface area contributed by atoms with Gasteiger partial charge in [0.2, 0.25) is 5.91 Å². The van der Waals surface area contributed by atoms with Gasteiger partial charge in [-0.2, -0.15) is 0 Å². The van der Waals surface area contributed by atoms with Gasteiger partial charge in [0, 0.05) is 38.7 Å². The van der Waals surface area contributed by atoms with E-state index in [1.165, 1.54) is 43.9 Å². The number of halogens is 1. The van der Waals surface area contributed by atoms with Crippen LogP contribution in [0.5, 0.6) is 5.75 Å². The highest BCUT2D eigenvalue weighted by atomic mass is 19.1. The van der Waals surface area contributed by atoms with E-state index in [9.17, 15) is 28.7 Å². The standard InChI is InChI=1S/C26H34FN3O2.C6H8O7/c1-20(31)28-26(23-6-8-24(27)9-7-23)11-15-30(16-12-26)18-21-5-10-25(32)22(17-21)19-29-13-3-2-4-14-29;7-3(8)1-6(13,5(11)12)2-4(9)10/h5-10,17,32H,2-4,11-16,18-19H2,1H3,(H,28,31);13H,1-2H2,(H,7,8)(H,9,10)(H,11,12). The number of carbonyl (C=O) groups excluding carboxylic acids is 1. The number of likely N-dealkylation sites (tertiary alicyclic amines) is 2. The third-order valence-electron chi connectivity index (χ3n) is 8.20. The summed E-state index contributed by atoms with van der Waals surface area (Å²) in [6, 6.07) is 12.5. The van der Waals surface area contributed by atoms with Gasteiger partial charge in [-0.05, 0) is 74.2 Å². The number of carboxylic acids is 3. The molecule has 2 aromatic carbocycles. The van der Waals surface area contributed by atoms with E-state index in [1.807, 2.05) is 12.1 Å². The number of benzene rings is 2. The fraction of sp³-hybridized carbons (Fsp3) is 0.500. The smallest absolute Gasteiger partial charge is 0.336 e. The number of nitrogens with zero attached hydrogens (tertiary/aromatic N) is 2. The molecule has 1 amide bonds. The van der Waals surface area contributed by atoms with Crippen molar-refractivity contribution in [3.05, 3.63) is 65.0 Å². The van der Waals surface area contributed by atoms with E-state index >= 15 is 0 Å². The van der Waals surface area contributed by atoms with E-state index in [0.29, 0.717) is 5.75 Å². The first-order valence-electron chi connectivity index (χ1n) is 14.9. The zero-order valence-corrected chi connectivity index (χ0v) is 25.4. The molecule has 0 unspecified atom stereocenters. The van der Waals surface area contributed by atoms with Gasteiger partial charge in [-0.1, -0.05) is 24.6 Å². The highest BCUT2D eigenvalue weighted by Crippen LogP contribution is 2.34. The predicted octanol–water partition coefficient (Wildman–Crippen LogP) is 2.90. The minimum atomic E-state index is -2.74. The number of aliphatic carboxylic acids is 3. The minimum Gasteiger partial charge on any atom is -0.508 e. The number of phenols is 1. The molecule has 2 aliphatic heterocycles. The van der Waals surface area contributed by atoms with Crippen LogP contribution in [0.2, 0.25) is 0 Å². The Balaban J connectivity index is 0.000000360. The molecule has 12 nitrogen and oxygen atoms in total. The Labute approximate surface area is 261 Å². The van der Waals surface area contributed by atoms with E-state index in [0.717, 1.165) is 63.2 Å². The number of rotatable bonds is 11. The second-order valence-electron chi connectivity index (χ2n) is 11.8. The van der Waals surface area contributed by atoms with Gasteiger partial charge in [-0.15, -0.1) is 0 Å². The molecular weight excluding hydrogens is 589 g/mol. The minimum absolute atomic E-state index is 0.0661. The predicted molar refractivity (Wildman–Crippen MR) is 161 cm³/mol. The summed E-state index contributed by atoms with van der Waals surface area (Å²) in [5.74, 6) is -4.98. The Morgan fingerprint density at radius 2 is 1.40 bits per heavy atom. The van der Waals surface area contributed by atoms with Gasteiger partial charge in [0.15, 0.2) is 5.60 Å². The summed E-state index contributed by atoms with van der Waals surface area (Å²) >= 11 is 0. The maximum Gasteiger partial charge on any atom is 0.336 e. The van der Waals surface area contributed by atoms with Crippen molar-refractivity contribution in [2.24, 2.45) is 0 Å². The lowest BCUT2D eigenvalue weighted by molar-refractivity contribution is -0.170. The van der Waals surface area contributed by atoms with Crippen LogP contribution in [0.4, 0.5) is 4.39 Å². The van der Waals surface area contributed by atoms with Gasteiger partial charge < -0.3 is 30.8 Å². The molecule has 2 fully saturated rings. The van der Waals surface area contributed by atoms with Crippen molar-refractivity contribution in [1.29, 1.82) is 0 Å². The van der Waals surface area contributed by atoms with E-state index in [-0.39, 0.29) is 11.7 Å². The van der Waals surface area contributed by atoms with Crippen LogP contribution < -0.4 is 5.32 Å². The van der Waals surface area contributed by atoms with Crippen molar-refractivity contribution in [2.75, 3.05) is 26.2 Å². The molecule has 0 aromatic heterocycles. The zero-order chi connectivity index (χ0) is 33.2. The SMILES string of the molecule is CC(=O)NC1(c2ccc(F)cc2)CCN(Cc2ccc(O)c(CN3CCCCC3)c2)CC1.O=C(O)CC(O)(CC(=O)O)C(=O)O. The van der Waals surface area contributed by atoms with Crippen LogP contribution in [0.1, 0.15) is 68.6 Å². The van der Waals surface area contributed by atoms with Crippen molar-refractivity contribution in [1.82, 2.24) is 15.1 Å². The molecule has 2 heterocycles. The fourth-order valence-corrected chi connectivity index (χ4v) is 5.88. The average molecular weight is 632 g/mol. The lowest BCUT2D eigenvalue weighted by Gasteiger charge is -2.42. The first-order valence-corrected chi connectivity index (χ1v) is 14.9. The van der Waals surface area contributed by atoms with Gasteiger partial charge in [-0.25, -0.2) is 9.18 Å². The molecule has 6 N–H and O–H groups in total. The molecule has 13 heteroatoms. The molecule has 2 saturated heterocycles. The Kier molecular flexibility index (Phi) is 12.4. The number of phenolic OH excluding ortho intramolecular Hbond substituents is 1. The lowest BCUT2D eigenvalue weighted by atomic mass is 9.80. The van der Waals surface area contributed by atoms with E-state index in [1.54, 1.807) is 12.1 Å². The van der Waals surface area contributed by atoms with Gasteiger partial charge in [-0.3, -0.25) is 24.2 Å². The summed E-state index contributed by atoms with van der Waals surface area (Å²) in [7, 11) is 0. The number of carbonyl (C=O) groups is 4. The van der Waals surface area contributed by atoms with Crippen molar-refractivity contribution in [2.45, 2.75) is 76.1 Å². The Morgan fingerprint density at radius 1 is 0.844 bits per heavy atom. The molecule has 0 saturated carbocycles. The van der Waals surface area contributed by atoms with Crippen LogP contribution in [-0.2, 0) is 37.8 Å². The Morgan fingerprint density at radius 3 is 1.91 bits per heavy atom. The molecule has 0 radical (unpaired) electrons. The van der Waals surface area contributed by atoms with Crippen LogP contribution in [0, 0.1) is 5.82 Å². The molecule has 2 aliphatic rings. The van der Waals surface area contributed by atoms with Crippen molar-refractivity contribution >= 4 is 23.8 Å². The summed E-state index contributed by atoms with van der Waals surface area (Å²) in [6.07, 6.45) is 3.03. The average Bonchev–Trinajstić information content (AvgIpc) is 2.96. The van der Waals surface area contributed by atoms with Crippen LogP contribution in [0.25, 0.3) is 0 Å². The highest BCUT2D eigenvalue weighted by molar-refractivity contribution is 5.88. The number of aromatic hydroxyl groups is 1. The van der Waals surface area contributed by atoms with E-state index < -0.39 is 41.9 Å². The Bertz CT molecular complexity index is 1320. The Hall–Kier alpha value is -4.07. The quantitative estimate of drug-likeness (QED) is 0.214. The van der Waals surface area contributed by atoms with Crippen molar-refractivity contribution in [3.63, 3.8) is 0 Å². The van der Waals surface area contributed by atoms with E-state index in [2.05, 4.69) is 21.2 Å². The molecule has 2 aromatic rings. The third kappa shape index (κ3) is 10.5.